The maximum atomic E-state index is 12.2. The normalized spacial score (nSPS) is 20.1. The molecule has 0 spiro atoms. The van der Waals surface area contributed by atoms with Gasteiger partial charge in [-0.3, -0.25) is 9.78 Å². The lowest BCUT2D eigenvalue weighted by Crippen LogP contribution is -2.39. The Bertz CT molecular complexity index is 374. The van der Waals surface area contributed by atoms with Gasteiger partial charge in [0, 0.05) is 31.0 Å². The van der Waals surface area contributed by atoms with Gasteiger partial charge < -0.3 is 10.6 Å². The molecule has 2 heterocycles. The molecule has 1 amide bonds. The van der Waals surface area contributed by atoms with Gasteiger partial charge in [0.25, 0.3) is 5.91 Å². The monoisotopic (exact) mass is 219 g/mol. The molecule has 1 aliphatic heterocycles. The van der Waals surface area contributed by atoms with Crippen molar-refractivity contribution in [3.63, 3.8) is 0 Å². The van der Waals surface area contributed by atoms with E-state index in [4.69, 9.17) is 5.73 Å². The van der Waals surface area contributed by atoms with Crippen molar-refractivity contribution in [2.75, 3.05) is 13.1 Å². The SMILES string of the molecule is Cc1ccc(C(=O)N2CCCC2CN)cn1. The molecule has 0 saturated carbocycles. The van der Waals surface area contributed by atoms with Crippen molar-refractivity contribution in [1.82, 2.24) is 9.88 Å². The van der Waals surface area contributed by atoms with Crippen LogP contribution >= 0.6 is 0 Å². The van der Waals surface area contributed by atoms with Crippen LogP contribution in [0.15, 0.2) is 18.3 Å². The van der Waals surface area contributed by atoms with E-state index >= 15 is 0 Å². The summed E-state index contributed by atoms with van der Waals surface area (Å²) >= 11 is 0. The minimum absolute atomic E-state index is 0.0560. The smallest absolute Gasteiger partial charge is 0.255 e. The second-order valence-corrected chi connectivity index (χ2v) is 4.22. The van der Waals surface area contributed by atoms with E-state index in [0.29, 0.717) is 12.1 Å². The predicted octanol–water partition coefficient (Wildman–Crippen LogP) is 0.953. The number of likely N-dealkylation sites (tertiary alicyclic amines) is 1. The predicted molar refractivity (Wildman–Crippen MR) is 62.1 cm³/mol. The van der Waals surface area contributed by atoms with E-state index in [0.717, 1.165) is 25.1 Å². The van der Waals surface area contributed by atoms with Crippen LogP contribution in [-0.2, 0) is 0 Å². The fourth-order valence-electron chi connectivity index (χ4n) is 2.11. The average Bonchev–Trinajstić information content (AvgIpc) is 2.77. The number of pyridine rings is 1. The van der Waals surface area contributed by atoms with Gasteiger partial charge in [-0.1, -0.05) is 0 Å². The Labute approximate surface area is 95.5 Å². The zero-order valence-electron chi connectivity index (χ0n) is 9.52. The number of nitrogens with zero attached hydrogens (tertiary/aromatic N) is 2. The molecule has 0 bridgehead atoms. The molecule has 1 aliphatic rings. The van der Waals surface area contributed by atoms with Gasteiger partial charge in [-0.15, -0.1) is 0 Å². The Hall–Kier alpha value is -1.42. The molecule has 2 rings (SSSR count). The molecular formula is C12H17N3O. The van der Waals surface area contributed by atoms with Crippen LogP contribution in [0.1, 0.15) is 28.9 Å². The Balaban J connectivity index is 2.15. The first-order valence-electron chi connectivity index (χ1n) is 5.66. The summed E-state index contributed by atoms with van der Waals surface area (Å²) in [7, 11) is 0. The molecular weight excluding hydrogens is 202 g/mol. The van der Waals surface area contributed by atoms with Crippen molar-refractivity contribution >= 4 is 5.91 Å². The van der Waals surface area contributed by atoms with E-state index in [2.05, 4.69) is 4.98 Å². The van der Waals surface area contributed by atoms with Crippen molar-refractivity contribution < 1.29 is 4.79 Å². The second-order valence-electron chi connectivity index (χ2n) is 4.22. The number of carbonyl (C=O) groups excluding carboxylic acids is 1. The van der Waals surface area contributed by atoms with Crippen LogP contribution in [0.5, 0.6) is 0 Å². The number of nitrogens with two attached hydrogens (primary N) is 1. The molecule has 4 heteroatoms. The third kappa shape index (κ3) is 2.07. The van der Waals surface area contributed by atoms with Crippen molar-refractivity contribution in [1.29, 1.82) is 0 Å². The zero-order valence-corrected chi connectivity index (χ0v) is 9.52. The fourth-order valence-corrected chi connectivity index (χ4v) is 2.11. The van der Waals surface area contributed by atoms with Gasteiger partial charge in [0.2, 0.25) is 0 Å². The van der Waals surface area contributed by atoms with Crippen LogP contribution < -0.4 is 5.73 Å². The van der Waals surface area contributed by atoms with Crippen LogP contribution in [0.25, 0.3) is 0 Å². The molecule has 16 heavy (non-hydrogen) atoms. The topological polar surface area (TPSA) is 59.2 Å². The van der Waals surface area contributed by atoms with E-state index in [-0.39, 0.29) is 11.9 Å². The highest BCUT2D eigenvalue weighted by Gasteiger charge is 2.28. The Morgan fingerprint density at radius 2 is 2.44 bits per heavy atom. The third-order valence-corrected chi connectivity index (χ3v) is 3.07. The molecule has 1 fully saturated rings. The third-order valence-electron chi connectivity index (χ3n) is 3.07. The Morgan fingerprint density at radius 1 is 1.62 bits per heavy atom. The summed E-state index contributed by atoms with van der Waals surface area (Å²) < 4.78 is 0. The van der Waals surface area contributed by atoms with E-state index < -0.39 is 0 Å². The van der Waals surface area contributed by atoms with Gasteiger partial charge in [-0.2, -0.15) is 0 Å². The maximum Gasteiger partial charge on any atom is 0.255 e. The number of hydrogen-bond donors (Lipinski definition) is 1. The molecule has 1 unspecified atom stereocenters. The molecule has 0 radical (unpaired) electrons. The summed E-state index contributed by atoms with van der Waals surface area (Å²) in [5, 5.41) is 0. The minimum Gasteiger partial charge on any atom is -0.334 e. The second kappa shape index (κ2) is 4.61. The van der Waals surface area contributed by atoms with Crippen molar-refractivity contribution in [3.05, 3.63) is 29.6 Å². The first-order chi connectivity index (χ1) is 7.72. The molecule has 0 aromatic carbocycles. The van der Waals surface area contributed by atoms with Gasteiger partial charge in [-0.05, 0) is 31.9 Å². The molecule has 1 aromatic heterocycles. The van der Waals surface area contributed by atoms with E-state index in [1.54, 1.807) is 6.20 Å². The van der Waals surface area contributed by atoms with Crippen LogP contribution in [-0.4, -0.2) is 34.9 Å². The van der Waals surface area contributed by atoms with E-state index in [1.807, 2.05) is 24.0 Å². The molecule has 1 atom stereocenters. The number of aromatic nitrogens is 1. The minimum atomic E-state index is 0.0560. The number of hydrogen-bond acceptors (Lipinski definition) is 3. The van der Waals surface area contributed by atoms with Gasteiger partial charge in [0.1, 0.15) is 0 Å². The highest BCUT2D eigenvalue weighted by molar-refractivity contribution is 5.94. The fraction of sp³-hybridized carbons (Fsp3) is 0.500. The summed E-state index contributed by atoms with van der Waals surface area (Å²) in [5.74, 6) is 0.0560. The average molecular weight is 219 g/mol. The van der Waals surface area contributed by atoms with Crippen LogP contribution in [0.4, 0.5) is 0 Å². The number of aryl methyl sites for hydroxylation is 1. The summed E-state index contributed by atoms with van der Waals surface area (Å²) in [4.78, 5) is 18.2. The zero-order chi connectivity index (χ0) is 11.5. The van der Waals surface area contributed by atoms with Crippen molar-refractivity contribution in [2.45, 2.75) is 25.8 Å². The highest BCUT2D eigenvalue weighted by atomic mass is 16.2. The van der Waals surface area contributed by atoms with E-state index in [9.17, 15) is 4.79 Å². The molecule has 86 valence electrons. The lowest BCUT2D eigenvalue weighted by atomic mass is 10.2. The number of amides is 1. The summed E-state index contributed by atoms with van der Waals surface area (Å²) in [6.45, 7) is 3.27. The molecule has 0 aliphatic carbocycles. The van der Waals surface area contributed by atoms with Gasteiger partial charge in [-0.25, -0.2) is 0 Å². The van der Waals surface area contributed by atoms with Crippen LogP contribution in [0, 0.1) is 6.92 Å². The standard InChI is InChI=1S/C12H17N3O/c1-9-4-5-10(8-14-9)12(16)15-6-2-3-11(15)7-13/h4-5,8,11H,2-3,6-7,13H2,1H3. The Morgan fingerprint density at radius 3 is 3.06 bits per heavy atom. The summed E-state index contributed by atoms with van der Waals surface area (Å²) in [6, 6.07) is 3.89. The first kappa shape index (κ1) is 11.1. The largest absolute Gasteiger partial charge is 0.334 e. The molecule has 1 aromatic rings. The first-order valence-corrected chi connectivity index (χ1v) is 5.66. The lowest BCUT2D eigenvalue weighted by molar-refractivity contribution is 0.0741. The van der Waals surface area contributed by atoms with E-state index in [1.165, 1.54) is 0 Å². The van der Waals surface area contributed by atoms with Crippen molar-refractivity contribution in [3.8, 4) is 0 Å². The van der Waals surface area contributed by atoms with Gasteiger partial charge in [0.05, 0.1) is 5.56 Å². The Kier molecular flexibility index (Phi) is 3.19. The van der Waals surface area contributed by atoms with Crippen molar-refractivity contribution in [2.24, 2.45) is 5.73 Å². The quantitative estimate of drug-likeness (QED) is 0.805. The van der Waals surface area contributed by atoms with Crippen LogP contribution in [0.2, 0.25) is 0 Å². The molecule has 1 saturated heterocycles. The van der Waals surface area contributed by atoms with Gasteiger partial charge in [0.15, 0.2) is 0 Å². The lowest BCUT2D eigenvalue weighted by Gasteiger charge is -2.23. The number of carbonyl (C=O) groups is 1. The summed E-state index contributed by atoms with van der Waals surface area (Å²) in [6.07, 6.45) is 3.71. The van der Waals surface area contributed by atoms with Gasteiger partial charge >= 0.3 is 0 Å². The highest BCUT2D eigenvalue weighted by Crippen LogP contribution is 2.18. The van der Waals surface area contributed by atoms with Crippen LogP contribution in [0.3, 0.4) is 0 Å². The molecule has 2 N–H and O–H groups in total. The summed E-state index contributed by atoms with van der Waals surface area (Å²) in [5.41, 5.74) is 7.24. The molecule has 4 nitrogen and oxygen atoms in total. The maximum absolute atomic E-state index is 12.2. The number of rotatable bonds is 2.